The standard InChI is InChI=1S/C12H15Br2NOS/c1-7(2)8-3-4-15(6-8)12(16)10-5-9(13)11(14)17-10/h5,7-8H,3-4,6H2,1-2H3. The van der Waals surface area contributed by atoms with Crippen molar-refractivity contribution in [3.63, 3.8) is 0 Å². The van der Waals surface area contributed by atoms with Gasteiger partial charge in [0.15, 0.2) is 0 Å². The van der Waals surface area contributed by atoms with E-state index in [4.69, 9.17) is 0 Å². The van der Waals surface area contributed by atoms with E-state index in [0.717, 1.165) is 32.6 Å². The Labute approximate surface area is 123 Å². The van der Waals surface area contributed by atoms with Crippen LogP contribution in [-0.4, -0.2) is 23.9 Å². The summed E-state index contributed by atoms with van der Waals surface area (Å²) in [5.74, 6) is 1.49. The van der Waals surface area contributed by atoms with Crippen molar-refractivity contribution in [3.05, 3.63) is 19.2 Å². The lowest BCUT2D eigenvalue weighted by Gasteiger charge is -2.17. The Hall–Kier alpha value is 0.130. The predicted octanol–water partition coefficient (Wildman–Crippen LogP) is 4.39. The Kier molecular flexibility index (Phi) is 4.31. The molecule has 2 heterocycles. The number of hydrogen-bond acceptors (Lipinski definition) is 2. The van der Waals surface area contributed by atoms with Gasteiger partial charge >= 0.3 is 0 Å². The van der Waals surface area contributed by atoms with Gasteiger partial charge in [-0.25, -0.2) is 0 Å². The lowest BCUT2D eigenvalue weighted by Crippen LogP contribution is -2.28. The maximum Gasteiger partial charge on any atom is 0.264 e. The van der Waals surface area contributed by atoms with Crippen molar-refractivity contribution < 1.29 is 4.79 Å². The SMILES string of the molecule is CC(C)C1CCN(C(=O)c2cc(Br)c(Br)s2)C1. The molecule has 1 fully saturated rings. The van der Waals surface area contributed by atoms with Crippen LogP contribution in [0.5, 0.6) is 0 Å². The number of carbonyl (C=O) groups is 1. The summed E-state index contributed by atoms with van der Waals surface area (Å²) >= 11 is 8.35. The lowest BCUT2D eigenvalue weighted by molar-refractivity contribution is 0.0789. The van der Waals surface area contributed by atoms with Crippen LogP contribution in [0.25, 0.3) is 0 Å². The maximum absolute atomic E-state index is 12.3. The second-order valence-electron chi connectivity index (χ2n) is 4.78. The Morgan fingerprint density at radius 2 is 2.24 bits per heavy atom. The molecule has 2 rings (SSSR count). The van der Waals surface area contributed by atoms with Gasteiger partial charge in [0.25, 0.3) is 5.91 Å². The summed E-state index contributed by atoms with van der Waals surface area (Å²) in [6.45, 7) is 6.27. The van der Waals surface area contributed by atoms with Crippen LogP contribution in [0, 0.1) is 11.8 Å². The number of rotatable bonds is 2. The van der Waals surface area contributed by atoms with Crippen molar-refractivity contribution >= 4 is 49.1 Å². The van der Waals surface area contributed by atoms with E-state index in [0.29, 0.717) is 11.8 Å². The molecule has 1 saturated heterocycles. The second-order valence-corrected chi connectivity index (χ2v) is 8.00. The van der Waals surface area contributed by atoms with Gasteiger partial charge < -0.3 is 4.90 Å². The Morgan fingerprint density at radius 1 is 1.53 bits per heavy atom. The first-order valence-electron chi connectivity index (χ1n) is 5.73. The van der Waals surface area contributed by atoms with Gasteiger partial charge in [-0.2, -0.15) is 0 Å². The van der Waals surface area contributed by atoms with E-state index in [2.05, 4.69) is 45.7 Å². The van der Waals surface area contributed by atoms with Crippen LogP contribution in [0.3, 0.4) is 0 Å². The number of carbonyl (C=O) groups excluding carboxylic acids is 1. The minimum absolute atomic E-state index is 0.171. The Balaban J connectivity index is 2.07. The van der Waals surface area contributed by atoms with Crippen molar-refractivity contribution in [2.75, 3.05) is 13.1 Å². The van der Waals surface area contributed by atoms with E-state index >= 15 is 0 Å². The van der Waals surface area contributed by atoms with E-state index in [1.807, 2.05) is 11.0 Å². The Bertz CT molecular complexity index is 411. The summed E-state index contributed by atoms with van der Waals surface area (Å²) in [5, 5.41) is 0. The van der Waals surface area contributed by atoms with Crippen molar-refractivity contribution in [1.29, 1.82) is 0 Å². The highest BCUT2D eigenvalue weighted by molar-refractivity contribution is 9.13. The zero-order chi connectivity index (χ0) is 12.6. The van der Waals surface area contributed by atoms with Gasteiger partial charge in [-0.15, -0.1) is 11.3 Å². The summed E-state index contributed by atoms with van der Waals surface area (Å²) < 4.78 is 1.95. The topological polar surface area (TPSA) is 20.3 Å². The third-order valence-corrected chi connectivity index (χ3v) is 6.55. The van der Waals surface area contributed by atoms with Crippen molar-refractivity contribution in [3.8, 4) is 0 Å². The fraction of sp³-hybridized carbons (Fsp3) is 0.583. The van der Waals surface area contributed by atoms with E-state index < -0.39 is 0 Å². The molecule has 17 heavy (non-hydrogen) atoms. The molecule has 1 aromatic rings. The average molecular weight is 381 g/mol. The zero-order valence-corrected chi connectivity index (χ0v) is 13.9. The van der Waals surface area contributed by atoms with Crippen LogP contribution in [0.2, 0.25) is 0 Å². The monoisotopic (exact) mass is 379 g/mol. The Morgan fingerprint density at radius 3 is 2.71 bits per heavy atom. The average Bonchev–Trinajstić information content (AvgIpc) is 2.86. The third-order valence-electron chi connectivity index (χ3n) is 3.31. The number of thiophene rings is 1. The molecule has 1 aliphatic rings. The molecule has 1 amide bonds. The first-order valence-corrected chi connectivity index (χ1v) is 8.13. The summed E-state index contributed by atoms with van der Waals surface area (Å²) in [6, 6.07) is 1.90. The van der Waals surface area contributed by atoms with Crippen LogP contribution < -0.4 is 0 Å². The van der Waals surface area contributed by atoms with Crippen molar-refractivity contribution in [1.82, 2.24) is 4.90 Å². The number of halogens is 2. The van der Waals surface area contributed by atoms with Gasteiger partial charge in [0, 0.05) is 17.6 Å². The molecule has 1 aromatic heterocycles. The normalized spacial score (nSPS) is 20.3. The van der Waals surface area contributed by atoms with Gasteiger partial charge in [0.1, 0.15) is 0 Å². The number of amides is 1. The minimum atomic E-state index is 0.171. The first-order chi connectivity index (χ1) is 7.99. The first kappa shape index (κ1) is 13.6. The molecule has 0 radical (unpaired) electrons. The van der Waals surface area contributed by atoms with Crippen LogP contribution >= 0.6 is 43.2 Å². The maximum atomic E-state index is 12.3. The van der Waals surface area contributed by atoms with E-state index in [9.17, 15) is 4.79 Å². The van der Waals surface area contributed by atoms with Crippen LogP contribution in [-0.2, 0) is 0 Å². The fourth-order valence-corrected chi connectivity index (χ4v) is 4.13. The number of nitrogens with zero attached hydrogens (tertiary/aromatic N) is 1. The fourth-order valence-electron chi connectivity index (χ4n) is 2.12. The molecule has 0 spiro atoms. The highest BCUT2D eigenvalue weighted by Crippen LogP contribution is 2.34. The van der Waals surface area contributed by atoms with E-state index in [1.54, 1.807) is 0 Å². The molecular formula is C12H15Br2NOS. The molecule has 1 aliphatic heterocycles. The molecule has 0 aromatic carbocycles. The quantitative estimate of drug-likeness (QED) is 0.744. The molecule has 0 bridgehead atoms. The number of likely N-dealkylation sites (tertiary alicyclic amines) is 1. The van der Waals surface area contributed by atoms with Crippen molar-refractivity contribution in [2.45, 2.75) is 20.3 Å². The molecular weight excluding hydrogens is 366 g/mol. The van der Waals surface area contributed by atoms with Gasteiger partial charge in [0.05, 0.1) is 8.66 Å². The predicted molar refractivity (Wildman–Crippen MR) is 78.6 cm³/mol. The van der Waals surface area contributed by atoms with Gasteiger partial charge in [-0.3, -0.25) is 4.79 Å². The molecule has 2 nitrogen and oxygen atoms in total. The van der Waals surface area contributed by atoms with Gasteiger partial charge in [-0.05, 0) is 56.2 Å². The van der Waals surface area contributed by atoms with E-state index in [-0.39, 0.29) is 5.91 Å². The van der Waals surface area contributed by atoms with E-state index in [1.165, 1.54) is 11.3 Å². The molecule has 1 atom stereocenters. The summed E-state index contributed by atoms with van der Waals surface area (Å²) in [6.07, 6.45) is 1.14. The zero-order valence-electron chi connectivity index (χ0n) is 9.87. The van der Waals surface area contributed by atoms with Crippen LogP contribution in [0.15, 0.2) is 14.3 Å². The lowest BCUT2D eigenvalue weighted by atomic mass is 9.95. The second kappa shape index (κ2) is 5.41. The van der Waals surface area contributed by atoms with Crippen molar-refractivity contribution in [2.24, 2.45) is 11.8 Å². The highest BCUT2D eigenvalue weighted by atomic mass is 79.9. The molecule has 1 unspecified atom stereocenters. The van der Waals surface area contributed by atoms with Crippen LogP contribution in [0.4, 0.5) is 0 Å². The third kappa shape index (κ3) is 2.93. The largest absolute Gasteiger partial charge is 0.338 e. The van der Waals surface area contributed by atoms with Gasteiger partial charge in [0.2, 0.25) is 0 Å². The summed E-state index contributed by atoms with van der Waals surface area (Å²) in [5.41, 5.74) is 0. The number of hydrogen-bond donors (Lipinski definition) is 0. The highest BCUT2D eigenvalue weighted by Gasteiger charge is 2.29. The summed E-state index contributed by atoms with van der Waals surface area (Å²) in [4.78, 5) is 15.1. The van der Waals surface area contributed by atoms with Gasteiger partial charge in [-0.1, -0.05) is 13.8 Å². The molecule has 5 heteroatoms. The van der Waals surface area contributed by atoms with Crippen LogP contribution in [0.1, 0.15) is 29.9 Å². The smallest absolute Gasteiger partial charge is 0.264 e. The molecule has 0 aliphatic carbocycles. The molecule has 94 valence electrons. The summed E-state index contributed by atoms with van der Waals surface area (Å²) in [7, 11) is 0. The molecule has 0 saturated carbocycles. The molecule has 0 N–H and O–H groups in total. The minimum Gasteiger partial charge on any atom is -0.338 e.